The van der Waals surface area contributed by atoms with E-state index >= 15 is 0 Å². The molecule has 0 aromatic carbocycles. The van der Waals surface area contributed by atoms with Gasteiger partial charge in [-0.3, -0.25) is 0 Å². The maximum atomic E-state index is 9.97. The van der Waals surface area contributed by atoms with E-state index in [-0.39, 0.29) is 25.0 Å². The van der Waals surface area contributed by atoms with Crippen LogP contribution in [0.1, 0.15) is 6.42 Å². The van der Waals surface area contributed by atoms with E-state index in [4.69, 9.17) is 4.55 Å². The fourth-order valence-corrected chi connectivity index (χ4v) is 0.952. The Hall–Kier alpha value is -1.55. The van der Waals surface area contributed by atoms with Crippen molar-refractivity contribution >= 4 is 30.3 Å². The van der Waals surface area contributed by atoms with Crippen LogP contribution in [-0.2, 0) is 14.4 Å². The summed E-state index contributed by atoms with van der Waals surface area (Å²) in [4.78, 5) is 37.4. The highest BCUT2D eigenvalue weighted by Crippen LogP contribution is 2.28. The fraction of sp³-hybridized carbons (Fsp3) is 0.500. The van der Waals surface area contributed by atoms with Gasteiger partial charge in [0.1, 0.15) is 0 Å². The Labute approximate surface area is 82.9 Å². The molecule has 74 valence electrons. The van der Waals surface area contributed by atoms with E-state index < -0.39 is 4.99 Å². The topological polar surface area (TPSA) is 109 Å². The van der Waals surface area contributed by atoms with Crippen molar-refractivity contribution in [1.29, 1.82) is 0 Å². The number of hydrogen-bond acceptors (Lipinski definition) is 8. The van der Waals surface area contributed by atoms with E-state index in [0.29, 0.717) is 0 Å². The van der Waals surface area contributed by atoms with Crippen molar-refractivity contribution in [3.63, 3.8) is 0 Å². The highest BCUT2D eigenvalue weighted by molar-refractivity contribution is 7.95. The summed E-state index contributed by atoms with van der Waals surface area (Å²) in [5.74, 6) is 0. The smallest absolute Gasteiger partial charge is 0.246 e. The molecule has 0 unspecified atom stereocenters. The maximum Gasteiger partial charge on any atom is 0.246 e. The Kier molecular flexibility index (Phi) is 6.15. The molecular weight excluding hydrogens is 210 g/mol. The van der Waals surface area contributed by atoms with Crippen LogP contribution in [-0.4, -0.2) is 34.3 Å². The molecule has 14 heavy (non-hydrogen) atoms. The average molecular weight is 215 g/mol. The number of isocyanates is 3. The van der Waals surface area contributed by atoms with Gasteiger partial charge in [0.05, 0.1) is 6.54 Å². The number of carbonyl (C=O) groups excluding carboxylic acids is 3. The Balaban J connectivity index is 4.73. The van der Waals surface area contributed by atoms with Crippen molar-refractivity contribution < 1.29 is 18.9 Å². The highest BCUT2D eigenvalue weighted by Gasteiger charge is 2.29. The highest BCUT2D eigenvalue weighted by atomic mass is 32.2. The van der Waals surface area contributed by atoms with Crippen LogP contribution in [0.4, 0.5) is 0 Å². The van der Waals surface area contributed by atoms with Gasteiger partial charge in [0.2, 0.25) is 23.2 Å². The van der Waals surface area contributed by atoms with Crippen LogP contribution in [0.15, 0.2) is 15.0 Å². The van der Waals surface area contributed by atoms with Crippen molar-refractivity contribution in [2.75, 3.05) is 6.54 Å². The second-order valence-corrected chi connectivity index (χ2v) is 2.80. The molecule has 0 aromatic rings. The Morgan fingerprint density at radius 2 is 1.71 bits per heavy atom. The van der Waals surface area contributed by atoms with Gasteiger partial charge in [0.15, 0.2) is 0 Å². The van der Waals surface area contributed by atoms with Crippen molar-refractivity contribution in [2.24, 2.45) is 15.0 Å². The normalized spacial score (nSPS) is 12.6. The van der Waals surface area contributed by atoms with Crippen LogP contribution < -0.4 is 0 Å². The van der Waals surface area contributed by atoms with Gasteiger partial charge in [-0.05, 0) is 0 Å². The average Bonchev–Trinajstić information content (AvgIpc) is 2.19. The largest absolute Gasteiger partial charge is 0.326 e. The van der Waals surface area contributed by atoms with Gasteiger partial charge in [-0.15, -0.1) is 0 Å². The Morgan fingerprint density at radius 3 is 2.07 bits per heavy atom. The van der Waals surface area contributed by atoms with Crippen molar-refractivity contribution in [2.45, 2.75) is 11.4 Å². The molecule has 0 heterocycles. The molecule has 7 nitrogen and oxygen atoms in total. The van der Waals surface area contributed by atoms with Crippen molar-refractivity contribution in [3.05, 3.63) is 0 Å². The summed E-state index contributed by atoms with van der Waals surface area (Å²) in [6.45, 7) is -0.0760. The minimum Gasteiger partial charge on any atom is -0.326 e. The zero-order valence-electron chi connectivity index (χ0n) is 6.84. The van der Waals surface area contributed by atoms with E-state index in [1.54, 1.807) is 0 Å². The maximum absolute atomic E-state index is 9.97. The fourth-order valence-electron chi connectivity index (χ4n) is 0.613. The molecule has 0 amide bonds. The van der Waals surface area contributed by atoms with Gasteiger partial charge in [-0.2, -0.15) is 9.98 Å². The van der Waals surface area contributed by atoms with E-state index in [1.807, 2.05) is 0 Å². The lowest BCUT2D eigenvalue weighted by molar-refractivity contribution is 0.511. The van der Waals surface area contributed by atoms with Gasteiger partial charge in [-0.1, -0.05) is 0 Å². The standard InChI is InChI=1S/C6H5N3O4S/c10-3-7-2-1-6(14-13,8-4-11)9-5-12/h13H,1-2H2. The van der Waals surface area contributed by atoms with Crippen LogP contribution >= 0.6 is 12.0 Å². The van der Waals surface area contributed by atoms with E-state index in [2.05, 4.69) is 15.0 Å². The zero-order chi connectivity index (χ0) is 10.9. The molecule has 0 radical (unpaired) electrons. The molecule has 8 heteroatoms. The Bertz CT molecular complexity index is 308. The minimum absolute atomic E-state index is 0.0688. The molecule has 0 aromatic heterocycles. The molecule has 0 aliphatic carbocycles. The molecule has 0 aliphatic rings. The van der Waals surface area contributed by atoms with Crippen molar-refractivity contribution in [3.8, 4) is 0 Å². The summed E-state index contributed by atoms with van der Waals surface area (Å²) in [6.07, 6.45) is 3.45. The first-order valence-corrected chi connectivity index (χ1v) is 4.06. The van der Waals surface area contributed by atoms with Gasteiger partial charge >= 0.3 is 0 Å². The lowest BCUT2D eigenvalue weighted by Gasteiger charge is -2.15. The molecular formula is C6H5N3O4S. The second-order valence-electron chi connectivity index (χ2n) is 1.96. The summed E-state index contributed by atoms with van der Waals surface area (Å²) in [7, 11) is 0. The van der Waals surface area contributed by atoms with Crippen LogP contribution in [0.5, 0.6) is 0 Å². The van der Waals surface area contributed by atoms with Gasteiger partial charge in [0.25, 0.3) is 0 Å². The second kappa shape index (κ2) is 6.91. The molecule has 0 atom stereocenters. The lowest BCUT2D eigenvalue weighted by Crippen LogP contribution is -2.19. The van der Waals surface area contributed by atoms with Gasteiger partial charge < -0.3 is 4.55 Å². The van der Waals surface area contributed by atoms with Crippen LogP contribution in [0, 0.1) is 0 Å². The summed E-state index contributed by atoms with van der Waals surface area (Å²) < 4.78 is 8.77. The molecule has 0 bridgehead atoms. The predicted molar refractivity (Wildman–Crippen MR) is 46.8 cm³/mol. The van der Waals surface area contributed by atoms with Crippen LogP contribution in [0.25, 0.3) is 0 Å². The van der Waals surface area contributed by atoms with Crippen LogP contribution in [0.2, 0.25) is 0 Å². The van der Waals surface area contributed by atoms with Crippen molar-refractivity contribution in [1.82, 2.24) is 0 Å². The minimum atomic E-state index is -1.70. The number of rotatable bonds is 6. The molecule has 0 saturated heterocycles. The number of aliphatic imine (C=N–C) groups is 3. The van der Waals surface area contributed by atoms with Crippen LogP contribution in [0.3, 0.4) is 0 Å². The Morgan fingerprint density at radius 1 is 1.14 bits per heavy atom. The first kappa shape index (κ1) is 12.4. The molecule has 0 spiro atoms. The predicted octanol–water partition coefficient (Wildman–Crippen LogP) is 0.244. The number of hydrogen-bond donors (Lipinski definition) is 1. The molecule has 0 fully saturated rings. The third kappa shape index (κ3) is 3.91. The van der Waals surface area contributed by atoms with E-state index in [9.17, 15) is 14.4 Å². The SMILES string of the molecule is O=C=NCCC(N=C=O)(N=C=O)SO. The lowest BCUT2D eigenvalue weighted by atomic mass is 10.3. The molecule has 0 rings (SSSR count). The summed E-state index contributed by atoms with van der Waals surface area (Å²) >= 11 is 0.0688. The van der Waals surface area contributed by atoms with Gasteiger partial charge in [0, 0.05) is 18.5 Å². The van der Waals surface area contributed by atoms with E-state index in [0.717, 1.165) is 12.2 Å². The van der Waals surface area contributed by atoms with Gasteiger partial charge in [-0.25, -0.2) is 19.4 Å². The third-order valence-electron chi connectivity index (χ3n) is 1.20. The number of nitrogens with zero attached hydrogens (tertiary/aromatic N) is 3. The van der Waals surface area contributed by atoms with E-state index in [1.165, 1.54) is 6.08 Å². The quantitative estimate of drug-likeness (QED) is 0.388. The zero-order valence-corrected chi connectivity index (χ0v) is 7.65. The summed E-state index contributed by atoms with van der Waals surface area (Å²) in [5.41, 5.74) is 0. The molecule has 0 aliphatic heterocycles. The summed E-state index contributed by atoms with van der Waals surface area (Å²) in [5, 5.41) is 0. The summed E-state index contributed by atoms with van der Waals surface area (Å²) in [6, 6.07) is 0. The monoisotopic (exact) mass is 215 g/mol. The molecule has 1 N–H and O–H groups in total. The third-order valence-corrected chi connectivity index (χ3v) is 1.88. The first-order chi connectivity index (χ1) is 6.74. The molecule has 0 saturated carbocycles. The first-order valence-electron chi connectivity index (χ1n) is 3.29.